The number of hydrogen-bond donors (Lipinski definition) is 1. The molecular weight excluding hydrogens is 198 g/mol. The molecule has 0 aromatic heterocycles. The van der Waals surface area contributed by atoms with Crippen LogP contribution in [0.2, 0.25) is 0 Å². The van der Waals surface area contributed by atoms with Gasteiger partial charge in [-0.3, -0.25) is 4.79 Å². The largest absolute Gasteiger partial charge is 0.326 e. The number of carbonyl (C=O) groups is 1. The van der Waals surface area contributed by atoms with Gasteiger partial charge in [-0.15, -0.1) is 0 Å². The number of nitrogens with one attached hydrogen (secondary N) is 1. The minimum absolute atomic E-state index is 0.0309. The van der Waals surface area contributed by atoms with Crippen molar-refractivity contribution in [2.24, 2.45) is 5.41 Å². The highest BCUT2D eigenvalue weighted by Gasteiger charge is 2.21. The maximum absolute atomic E-state index is 10.9. The first-order valence-electron chi connectivity index (χ1n) is 5.68. The van der Waals surface area contributed by atoms with Crippen LogP contribution >= 0.6 is 0 Å². The zero-order valence-electron chi connectivity index (χ0n) is 10.8. The van der Waals surface area contributed by atoms with Crippen LogP contribution in [-0.4, -0.2) is 5.91 Å². The number of amides is 1. The highest BCUT2D eigenvalue weighted by atomic mass is 16.1. The van der Waals surface area contributed by atoms with Crippen molar-refractivity contribution < 1.29 is 4.79 Å². The van der Waals surface area contributed by atoms with Gasteiger partial charge in [0.25, 0.3) is 0 Å². The summed E-state index contributed by atoms with van der Waals surface area (Å²) in [5, 5.41) is 2.77. The molecule has 0 saturated carbocycles. The zero-order valence-corrected chi connectivity index (χ0v) is 10.8. The van der Waals surface area contributed by atoms with Crippen LogP contribution in [0.15, 0.2) is 24.3 Å². The normalized spacial score (nSPS) is 13.3. The van der Waals surface area contributed by atoms with Crippen LogP contribution in [0.5, 0.6) is 0 Å². The summed E-state index contributed by atoms with van der Waals surface area (Å²) in [6, 6.07) is 8.08. The van der Waals surface area contributed by atoms with E-state index in [2.05, 4.69) is 45.1 Å². The minimum Gasteiger partial charge on any atom is -0.326 e. The Balaban J connectivity index is 2.83. The smallest absolute Gasteiger partial charge is 0.221 e. The predicted molar refractivity (Wildman–Crippen MR) is 68.6 cm³/mol. The Kier molecular flexibility index (Phi) is 3.74. The van der Waals surface area contributed by atoms with Gasteiger partial charge in [0.1, 0.15) is 0 Å². The van der Waals surface area contributed by atoms with Crippen molar-refractivity contribution in [3.05, 3.63) is 29.8 Å². The van der Waals surface area contributed by atoms with E-state index >= 15 is 0 Å². The lowest BCUT2D eigenvalue weighted by atomic mass is 9.78. The van der Waals surface area contributed by atoms with E-state index in [0.717, 1.165) is 5.69 Å². The van der Waals surface area contributed by atoms with Gasteiger partial charge < -0.3 is 5.32 Å². The lowest BCUT2D eigenvalue weighted by molar-refractivity contribution is -0.114. The first kappa shape index (κ1) is 12.8. The quantitative estimate of drug-likeness (QED) is 0.805. The topological polar surface area (TPSA) is 29.1 Å². The third kappa shape index (κ3) is 3.37. The Bertz CT molecular complexity index is 359. The second-order valence-electron chi connectivity index (χ2n) is 5.39. The summed E-state index contributed by atoms with van der Waals surface area (Å²) in [6.45, 7) is 10.5. The van der Waals surface area contributed by atoms with Crippen LogP contribution in [0, 0.1) is 5.41 Å². The number of rotatable bonds is 2. The van der Waals surface area contributed by atoms with E-state index in [9.17, 15) is 4.79 Å². The molecule has 16 heavy (non-hydrogen) atoms. The first-order chi connectivity index (χ1) is 7.30. The van der Waals surface area contributed by atoms with Crippen LogP contribution in [0.1, 0.15) is 46.1 Å². The minimum atomic E-state index is -0.0309. The van der Waals surface area contributed by atoms with Crippen molar-refractivity contribution in [1.29, 1.82) is 0 Å². The van der Waals surface area contributed by atoms with Gasteiger partial charge in [-0.2, -0.15) is 0 Å². The van der Waals surface area contributed by atoms with Crippen molar-refractivity contribution in [3.63, 3.8) is 0 Å². The van der Waals surface area contributed by atoms with E-state index in [-0.39, 0.29) is 11.3 Å². The monoisotopic (exact) mass is 219 g/mol. The number of benzene rings is 1. The molecule has 1 aromatic carbocycles. The number of anilines is 1. The molecule has 1 atom stereocenters. The maximum atomic E-state index is 10.9. The molecule has 1 unspecified atom stereocenters. The predicted octanol–water partition coefficient (Wildman–Crippen LogP) is 3.79. The van der Waals surface area contributed by atoms with Crippen molar-refractivity contribution >= 4 is 11.6 Å². The molecule has 88 valence electrons. The maximum Gasteiger partial charge on any atom is 0.221 e. The van der Waals surface area contributed by atoms with Crippen molar-refractivity contribution in [2.75, 3.05) is 5.32 Å². The van der Waals surface area contributed by atoms with Crippen LogP contribution in [0.25, 0.3) is 0 Å². The summed E-state index contributed by atoms with van der Waals surface area (Å²) in [4.78, 5) is 10.9. The molecule has 0 aliphatic heterocycles. The Morgan fingerprint density at radius 1 is 1.19 bits per heavy atom. The lowest BCUT2D eigenvalue weighted by Crippen LogP contribution is -2.15. The van der Waals surface area contributed by atoms with Crippen LogP contribution in [0.4, 0.5) is 5.69 Å². The van der Waals surface area contributed by atoms with Crippen molar-refractivity contribution in [3.8, 4) is 0 Å². The van der Waals surface area contributed by atoms with Gasteiger partial charge in [-0.1, -0.05) is 39.8 Å². The Labute approximate surface area is 98.1 Å². The number of carbonyl (C=O) groups excluding carboxylic acids is 1. The second kappa shape index (κ2) is 4.69. The third-order valence-electron chi connectivity index (χ3n) is 3.03. The Morgan fingerprint density at radius 2 is 1.69 bits per heavy atom. The van der Waals surface area contributed by atoms with Crippen molar-refractivity contribution in [1.82, 2.24) is 0 Å². The van der Waals surface area contributed by atoms with E-state index in [1.54, 1.807) is 0 Å². The average Bonchev–Trinajstić information content (AvgIpc) is 2.15. The molecule has 1 amide bonds. The fraction of sp³-hybridized carbons (Fsp3) is 0.500. The second-order valence-corrected chi connectivity index (χ2v) is 5.39. The molecular formula is C14H21NO. The van der Waals surface area contributed by atoms with Gasteiger partial charge in [0.05, 0.1) is 0 Å². The molecule has 1 N–H and O–H groups in total. The van der Waals surface area contributed by atoms with Gasteiger partial charge in [0.15, 0.2) is 0 Å². The summed E-state index contributed by atoms with van der Waals surface area (Å²) in [7, 11) is 0. The Hall–Kier alpha value is -1.31. The highest BCUT2D eigenvalue weighted by Crippen LogP contribution is 2.34. The van der Waals surface area contributed by atoms with E-state index < -0.39 is 0 Å². The van der Waals surface area contributed by atoms with Crippen molar-refractivity contribution in [2.45, 2.75) is 40.5 Å². The van der Waals surface area contributed by atoms with Crippen LogP contribution < -0.4 is 5.32 Å². The molecule has 0 fully saturated rings. The summed E-state index contributed by atoms with van der Waals surface area (Å²) in [5.41, 5.74) is 2.43. The molecule has 0 aliphatic carbocycles. The molecule has 0 aliphatic rings. The zero-order chi connectivity index (χ0) is 12.3. The fourth-order valence-corrected chi connectivity index (χ4v) is 1.56. The van der Waals surface area contributed by atoms with E-state index in [0.29, 0.717) is 5.92 Å². The van der Waals surface area contributed by atoms with Crippen LogP contribution in [-0.2, 0) is 4.79 Å². The first-order valence-corrected chi connectivity index (χ1v) is 5.68. The van der Waals surface area contributed by atoms with E-state index in [1.807, 2.05) is 12.1 Å². The Morgan fingerprint density at radius 3 is 2.06 bits per heavy atom. The molecule has 0 spiro atoms. The summed E-state index contributed by atoms with van der Waals surface area (Å²) in [6.07, 6.45) is 0. The fourth-order valence-electron chi connectivity index (χ4n) is 1.56. The lowest BCUT2D eigenvalue weighted by Gasteiger charge is -2.27. The van der Waals surface area contributed by atoms with Gasteiger partial charge in [-0.05, 0) is 29.0 Å². The number of hydrogen-bond acceptors (Lipinski definition) is 1. The van der Waals surface area contributed by atoms with Gasteiger partial charge >= 0.3 is 0 Å². The van der Waals surface area contributed by atoms with Gasteiger partial charge in [0, 0.05) is 12.6 Å². The molecule has 1 aromatic rings. The van der Waals surface area contributed by atoms with E-state index in [4.69, 9.17) is 0 Å². The summed E-state index contributed by atoms with van der Waals surface area (Å²) < 4.78 is 0. The third-order valence-corrected chi connectivity index (χ3v) is 3.03. The average molecular weight is 219 g/mol. The molecule has 1 rings (SSSR count). The molecule has 0 bridgehead atoms. The SMILES string of the molecule is CC(=O)Nc1ccc(C(C)C(C)(C)C)cc1. The van der Waals surface area contributed by atoms with Gasteiger partial charge in [-0.25, -0.2) is 0 Å². The molecule has 2 nitrogen and oxygen atoms in total. The molecule has 0 saturated heterocycles. The standard InChI is InChI=1S/C14H21NO/c1-10(14(3,4)5)12-6-8-13(9-7-12)15-11(2)16/h6-10H,1-5H3,(H,15,16). The molecule has 2 heteroatoms. The molecule has 0 radical (unpaired) electrons. The molecule has 0 heterocycles. The summed E-state index contributed by atoms with van der Waals surface area (Å²) in [5.74, 6) is 0.468. The van der Waals surface area contributed by atoms with Crippen LogP contribution in [0.3, 0.4) is 0 Å². The highest BCUT2D eigenvalue weighted by molar-refractivity contribution is 5.88. The summed E-state index contributed by atoms with van der Waals surface area (Å²) >= 11 is 0. The van der Waals surface area contributed by atoms with E-state index in [1.165, 1.54) is 12.5 Å². The van der Waals surface area contributed by atoms with Gasteiger partial charge in [0.2, 0.25) is 5.91 Å².